The first kappa shape index (κ1) is 14.1. The average Bonchev–Trinajstić information content (AvgIpc) is 2.38. The normalized spacial score (nSPS) is 22.1. The van der Waals surface area contributed by atoms with E-state index in [1.165, 1.54) is 18.2 Å². The lowest BCUT2D eigenvalue weighted by Gasteiger charge is -2.35. The first-order valence-corrected chi connectivity index (χ1v) is 6.89. The van der Waals surface area contributed by atoms with Crippen LogP contribution in [0.3, 0.4) is 0 Å². The lowest BCUT2D eigenvalue weighted by atomic mass is 9.75. The number of esters is 1. The Hall–Kier alpha value is -1.35. The maximum atomic E-state index is 11.6. The first-order chi connectivity index (χ1) is 9.13. The summed E-state index contributed by atoms with van der Waals surface area (Å²) in [5.74, 6) is 0.463. The van der Waals surface area contributed by atoms with Crippen molar-refractivity contribution in [3.05, 3.63) is 35.4 Å². The van der Waals surface area contributed by atoms with Crippen LogP contribution in [0.15, 0.2) is 24.3 Å². The van der Waals surface area contributed by atoms with E-state index in [9.17, 15) is 4.79 Å². The fraction of sp³-hybridized carbons (Fsp3) is 0.562. The van der Waals surface area contributed by atoms with Crippen LogP contribution in [0, 0.1) is 5.92 Å². The van der Waals surface area contributed by atoms with Gasteiger partial charge in [-0.15, -0.1) is 0 Å². The molecule has 0 aromatic heterocycles. The van der Waals surface area contributed by atoms with Crippen molar-refractivity contribution < 1.29 is 14.3 Å². The van der Waals surface area contributed by atoms with Crippen LogP contribution in [0.1, 0.15) is 37.3 Å². The van der Waals surface area contributed by atoms with Gasteiger partial charge in [-0.3, -0.25) is 0 Å². The molecule has 0 N–H and O–H groups in total. The Morgan fingerprint density at radius 1 is 1.37 bits per heavy atom. The maximum absolute atomic E-state index is 11.6. The standard InChI is InChI=1S/C16H22O3/c1-11(2)16-13-7-5-4-6-12(13)8-9-14(16)19-15(17)10-18-3/h4-7,11,14,16H,8-10H2,1-3H3. The van der Waals surface area contributed by atoms with E-state index < -0.39 is 0 Å². The average molecular weight is 262 g/mol. The molecule has 0 fully saturated rings. The molecule has 0 saturated heterocycles. The van der Waals surface area contributed by atoms with Gasteiger partial charge in [0, 0.05) is 13.0 Å². The molecule has 1 aromatic rings. The lowest BCUT2D eigenvalue weighted by molar-refractivity contribution is -0.155. The van der Waals surface area contributed by atoms with Crippen molar-refractivity contribution in [2.24, 2.45) is 5.92 Å². The molecule has 0 saturated carbocycles. The first-order valence-electron chi connectivity index (χ1n) is 6.89. The molecule has 3 heteroatoms. The molecule has 1 aliphatic carbocycles. The van der Waals surface area contributed by atoms with Crippen LogP contribution >= 0.6 is 0 Å². The van der Waals surface area contributed by atoms with Crippen molar-refractivity contribution in [2.45, 2.75) is 38.7 Å². The minimum Gasteiger partial charge on any atom is -0.460 e. The summed E-state index contributed by atoms with van der Waals surface area (Å²) in [6, 6.07) is 8.48. The highest BCUT2D eigenvalue weighted by molar-refractivity contribution is 5.71. The van der Waals surface area contributed by atoms with Crippen LogP contribution < -0.4 is 0 Å². The summed E-state index contributed by atoms with van der Waals surface area (Å²) in [4.78, 5) is 11.6. The molecule has 0 bridgehead atoms. The van der Waals surface area contributed by atoms with Crippen molar-refractivity contribution >= 4 is 5.97 Å². The highest BCUT2D eigenvalue weighted by atomic mass is 16.6. The van der Waals surface area contributed by atoms with Crippen LogP contribution in [-0.4, -0.2) is 25.8 Å². The Balaban J connectivity index is 2.20. The van der Waals surface area contributed by atoms with E-state index in [-0.39, 0.29) is 24.6 Å². The van der Waals surface area contributed by atoms with Crippen molar-refractivity contribution in [3.63, 3.8) is 0 Å². The summed E-state index contributed by atoms with van der Waals surface area (Å²) in [6.07, 6.45) is 1.84. The molecule has 1 aromatic carbocycles. The zero-order valence-corrected chi connectivity index (χ0v) is 11.9. The van der Waals surface area contributed by atoms with Crippen LogP contribution in [0.25, 0.3) is 0 Å². The van der Waals surface area contributed by atoms with Gasteiger partial charge in [0.25, 0.3) is 0 Å². The van der Waals surface area contributed by atoms with E-state index in [4.69, 9.17) is 9.47 Å². The molecule has 0 amide bonds. The molecule has 2 atom stereocenters. The second-order valence-electron chi connectivity index (χ2n) is 5.47. The van der Waals surface area contributed by atoms with Gasteiger partial charge in [0.15, 0.2) is 0 Å². The van der Waals surface area contributed by atoms with Gasteiger partial charge in [-0.1, -0.05) is 38.1 Å². The lowest BCUT2D eigenvalue weighted by Crippen LogP contribution is -2.34. The fourth-order valence-corrected chi connectivity index (χ4v) is 3.01. The molecule has 0 radical (unpaired) electrons. The number of carbonyl (C=O) groups excluding carboxylic acids is 1. The largest absolute Gasteiger partial charge is 0.460 e. The van der Waals surface area contributed by atoms with Crippen molar-refractivity contribution in [1.82, 2.24) is 0 Å². The number of methoxy groups -OCH3 is 1. The Labute approximate surface area is 114 Å². The van der Waals surface area contributed by atoms with Gasteiger partial charge < -0.3 is 9.47 Å². The fourth-order valence-electron chi connectivity index (χ4n) is 3.01. The SMILES string of the molecule is COCC(=O)OC1CCc2ccccc2C1C(C)C. The van der Waals surface area contributed by atoms with Crippen LogP contribution in [0.4, 0.5) is 0 Å². The molecule has 3 nitrogen and oxygen atoms in total. The van der Waals surface area contributed by atoms with Crippen LogP contribution in [-0.2, 0) is 20.7 Å². The number of benzene rings is 1. The quantitative estimate of drug-likeness (QED) is 0.783. The van der Waals surface area contributed by atoms with Gasteiger partial charge in [-0.2, -0.15) is 0 Å². The van der Waals surface area contributed by atoms with Crippen LogP contribution in [0.2, 0.25) is 0 Å². The molecule has 0 heterocycles. The molecular weight excluding hydrogens is 240 g/mol. The van der Waals surface area contributed by atoms with Gasteiger partial charge in [0.05, 0.1) is 0 Å². The van der Waals surface area contributed by atoms with Crippen molar-refractivity contribution in [1.29, 1.82) is 0 Å². The summed E-state index contributed by atoms with van der Waals surface area (Å²) < 4.78 is 10.4. The zero-order chi connectivity index (χ0) is 13.8. The van der Waals surface area contributed by atoms with Crippen molar-refractivity contribution in [3.8, 4) is 0 Å². The summed E-state index contributed by atoms with van der Waals surface area (Å²) in [7, 11) is 1.51. The van der Waals surface area contributed by atoms with Gasteiger partial charge in [-0.05, 0) is 29.9 Å². The third-order valence-electron chi connectivity index (χ3n) is 3.78. The third-order valence-corrected chi connectivity index (χ3v) is 3.78. The van der Waals surface area contributed by atoms with E-state index in [0.717, 1.165) is 12.8 Å². The molecule has 19 heavy (non-hydrogen) atoms. The second kappa shape index (κ2) is 6.20. The molecule has 0 aliphatic heterocycles. The molecular formula is C16H22O3. The number of hydrogen-bond donors (Lipinski definition) is 0. The smallest absolute Gasteiger partial charge is 0.332 e. The summed E-state index contributed by atoms with van der Waals surface area (Å²) in [6.45, 7) is 4.40. The topological polar surface area (TPSA) is 35.5 Å². The van der Waals surface area contributed by atoms with E-state index in [2.05, 4.69) is 38.1 Å². The predicted octanol–water partition coefficient (Wildman–Crippen LogP) is 2.93. The minimum absolute atomic E-state index is 0.0300. The monoisotopic (exact) mass is 262 g/mol. The van der Waals surface area contributed by atoms with E-state index in [1.807, 2.05) is 0 Å². The third kappa shape index (κ3) is 3.16. The van der Waals surface area contributed by atoms with E-state index in [0.29, 0.717) is 5.92 Å². The number of fused-ring (bicyclic) bond motifs is 1. The van der Waals surface area contributed by atoms with Gasteiger partial charge in [0.2, 0.25) is 0 Å². The summed E-state index contributed by atoms with van der Waals surface area (Å²) >= 11 is 0. The molecule has 1 aliphatic rings. The van der Waals surface area contributed by atoms with Gasteiger partial charge in [0.1, 0.15) is 12.7 Å². The Morgan fingerprint density at radius 3 is 2.79 bits per heavy atom. The van der Waals surface area contributed by atoms with Gasteiger partial charge >= 0.3 is 5.97 Å². The Morgan fingerprint density at radius 2 is 2.11 bits per heavy atom. The number of rotatable bonds is 4. The summed E-state index contributed by atoms with van der Waals surface area (Å²) in [5, 5.41) is 0. The van der Waals surface area contributed by atoms with Crippen LogP contribution in [0.5, 0.6) is 0 Å². The number of hydrogen-bond acceptors (Lipinski definition) is 3. The van der Waals surface area contributed by atoms with E-state index in [1.54, 1.807) is 0 Å². The predicted molar refractivity (Wildman–Crippen MR) is 74.1 cm³/mol. The number of carbonyl (C=O) groups is 1. The zero-order valence-electron chi connectivity index (χ0n) is 11.9. The Bertz CT molecular complexity index is 439. The summed E-state index contributed by atoms with van der Waals surface area (Å²) in [5.41, 5.74) is 2.72. The highest BCUT2D eigenvalue weighted by Gasteiger charge is 2.33. The number of ether oxygens (including phenoxy) is 2. The Kier molecular flexibility index (Phi) is 4.59. The maximum Gasteiger partial charge on any atom is 0.332 e. The number of aryl methyl sites for hydroxylation is 1. The molecule has 0 spiro atoms. The van der Waals surface area contributed by atoms with Gasteiger partial charge in [-0.25, -0.2) is 4.79 Å². The molecule has 2 unspecified atom stereocenters. The highest BCUT2D eigenvalue weighted by Crippen LogP contribution is 2.38. The van der Waals surface area contributed by atoms with E-state index >= 15 is 0 Å². The second-order valence-corrected chi connectivity index (χ2v) is 5.47. The molecule has 104 valence electrons. The minimum atomic E-state index is -0.266. The van der Waals surface area contributed by atoms with Crippen molar-refractivity contribution in [2.75, 3.05) is 13.7 Å². The molecule has 2 rings (SSSR count).